The van der Waals surface area contributed by atoms with E-state index >= 15 is 0 Å². The molecular formula is C27H36N8O2. The van der Waals surface area contributed by atoms with Gasteiger partial charge in [-0.15, -0.1) is 0 Å². The average Bonchev–Trinajstić information content (AvgIpc) is 3.32. The number of hydrogen-bond donors (Lipinski definition) is 2. The lowest BCUT2D eigenvalue weighted by Crippen LogP contribution is -2.52. The first-order valence-corrected chi connectivity index (χ1v) is 12.8. The van der Waals surface area contributed by atoms with Crippen molar-refractivity contribution in [1.29, 1.82) is 0 Å². The normalized spacial score (nSPS) is 17.6. The molecule has 10 heteroatoms. The number of anilines is 3. The van der Waals surface area contributed by atoms with Gasteiger partial charge >= 0.3 is 0 Å². The molecule has 2 aromatic heterocycles. The van der Waals surface area contributed by atoms with Crippen LogP contribution in [0.5, 0.6) is 5.75 Å². The molecule has 3 aromatic rings. The van der Waals surface area contributed by atoms with E-state index in [0.29, 0.717) is 23.2 Å². The van der Waals surface area contributed by atoms with E-state index in [2.05, 4.69) is 49.2 Å². The molecule has 196 valence electrons. The number of ether oxygens (including phenoxy) is 1. The quantitative estimate of drug-likeness (QED) is 0.506. The Balaban J connectivity index is 1.26. The predicted octanol–water partition coefficient (Wildman–Crippen LogP) is 2.55. The van der Waals surface area contributed by atoms with Crippen LogP contribution in [0.3, 0.4) is 0 Å². The summed E-state index contributed by atoms with van der Waals surface area (Å²) in [4.78, 5) is 28.1. The Morgan fingerprint density at radius 3 is 2.49 bits per heavy atom. The molecule has 4 heterocycles. The van der Waals surface area contributed by atoms with Crippen LogP contribution >= 0.6 is 0 Å². The molecular weight excluding hydrogens is 468 g/mol. The van der Waals surface area contributed by atoms with Crippen molar-refractivity contribution >= 4 is 23.2 Å². The number of methoxy groups -OCH3 is 1. The Hall–Kier alpha value is -3.63. The fraction of sp³-hybridized carbons (Fsp3) is 0.444. The summed E-state index contributed by atoms with van der Waals surface area (Å²) >= 11 is 0. The molecule has 0 spiro atoms. The van der Waals surface area contributed by atoms with E-state index in [1.807, 2.05) is 17.7 Å². The van der Waals surface area contributed by atoms with Gasteiger partial charge in [-0.1, -0.05) is 0 Å². The number of nitrogens with zero attached hydrogens (tertiary/aromatic N) is 6. The van der Waals surface area contributed by atoms with Crippen LogP contribution in [0.25, 0.3) is 11.4 Å². The van der Waals surface area contributed by atoms with E-state index in [0.717, 1.165) is 49.0 Å². The summed E-state index contributed by atoms with van der Waals surface area (Å²) in [6, 6.07) is 10.4. The van der Waals surface area contributed by atoms with E-state index in [1.165, 1.54) is 25.9 Å². The first-order chi connectivity index (χ1) is 17.9. The number of carbonyl (C=O) groups is 1. The van der Waals surface area contributed by atoms with Gasteiger partial charge in [-0.3, -0.25) is 9.69 Å². The number of piperidine rings is 1. The van der Waals surface area contributed by atoms with Gasteiger partial charge in [0.1, 0.15) is 5.75 Å². The average molecular weight is 505 g/mol. The Labute approximate surface area is 218 Å². The van der Waals surface area contributed by atoms with Crippen LogP contribution in [0.4, 0.5) is 17.3 Å². The number of aryl methyl sites for hydroxylation is 1. The van der Waals surface area contributed by atoms with Gasteiger partial charge < -0.3 is 30.2 Å². The molecule has 0 aliphatic carbocycles. The van der Waals surface area contributed by atoms with Crippen molar-refractivity contribution < 1.29 is 9.53 Å². The largest absolute Gasteiger partial charge is 0.494 e. The third-order valence-corrected chi connectivity index (χ3v) is 7.52. The van der Waals surface area contributed by atoms with Gasteiger partial charge in [0.05, 0.1) is 29.7 Å². The molecule has 3 N–H and O–H groups in total. The molecule has 1 aromatic carbocycles. The Kier molecular flexibility index (Phi) is 7.29. The zero-order chi connectivity index (χ0) is 25.9. The maximum absolute atomic E-state index is 11.6. The van der Waals surface area contributed by atoms with Gasteiger partial charge in [-0.25, -0.2) is 9.97 Å². The van der Waals surface area contributed by atoms with E-state index in [4.69, 9.17) is 10.5 Å². The molecule has 0 unspecified atom stereocenters. The summed E-state index contributed by atoms with van der Waals surface area (Å²) < 4.78 is 7.55. The molecule has 2 aliphatic heterocycles. The molecule has 0 saturated carbocycles. The first kappa shape index (κ1) is 25.0. The lowest BCUT2D eigenvalue weighted by atomic mass is 10.0. The van der Waals surface area contributed by atoms with Crippen molar-refractivity contribution in [1.82, 2.24) is 24.3 Å². The molecule has 5 rings (SSSR count). The predicted molar refractivity (Wildman–Crippen MR) is 146 cm³/mol. The Morgan fingerprint density at radius 1 is 1.05 bits per heavy atom. The molecule has 2 fully saturated rings. The van der Waals surface area contributed by atoms with Crippen LogP contribution in [0, 0.1) is 0 Å². The van der Waals surface area contributed by atoms with Crippen LogP contribution in [0.15, 0.2) is 42.7 Å². The minimum Gasteiger partial charge on any atom is -0.494 e. The second kappa shape index (κ2) is 10.8. The summed E-state index contributed by atoms with van der Waals surface area (Å²) in [5, 5.41) is 3.29. The van der Waals surface area contributed by atoms with Crippen molar-refractivity contribution in [3.05, 3.63) is 48.3 Å². The topological polar surface area (TPSA) is 105 Å². The highest BCUT2D eigenvalue weighted by atomic mass is 16.5. The number of hydrogen-bond acceptors (Lipinski definition) is 8. The minimum absolute atomic E-state index is 0.440. The van der Waals surface area contributed by atoms with Gasteiger partial charge in [0.2, 0.25) is 11.9 Å². The van der Waals surface area contributed by atoms with E-state index in [-0.39, 0.29) is 0 Å². The fourth-order valence-corrected chi connectivity index (χ4v) is 5.29. The molecule has 0 radical (unpaired) electrons. The van der Waals surface area contributed by atoms with E-state index in [1.54, 1.807) is 31.6 Å². The van der Waals surface area contributed by atoms with Crippen molar-refractivity contribution in [2.45, 2.75) is 18.9 Å². The standard InChI is InChI=1S/C27H36N8O2/c1-32-12-14-35(15-13-32)20-7-10-34(11-8-20)21-4-5-23(25(17-21)37-3)31-27-29-9-6-22(30-27)24-16-19(26(28)36)18-33(24)2/h4-6,9,16-18,20H,7-8,10-15H2,1-3H3,(H2,28,36)(H,29,30,31). The van der Waals surface area contributed by atoms with E-state index < -0.39 is 5.91 Å². The number of piperazine rings is 1. The number of rotatable bonds is 7. The molecule has 37 heavy (non-hydrogen) atoms. The zero-order valence-corrected chi connectivity index (χ0v) is 21.9. The second-order valence-electron chi connectivity index (χ2n) is 9.92. The van der Waals surface area contributed by atoms with Crippen molar-refractivity contribution in [2.24, 2.45) is 12.8 Å². The number of primary amides is 1. The molecule has 10 nitrogen and oxygen atoms in total. The second-order valence-corrected chi connectivity index (χ2v) is 9.92. The molecule has 1 amide bonds. The SMILES string of the molecule is COc1cc(N2CCC(N3CCN(C)CC3)CC2)ccc1Nc1nccc(-c2cc(C(N)=O)cn2C)n1. The van der Waals surface area contributed by atoms with Crippen molar-refractivity contribution in [3.63, 3.8) is 0 Å². The van der Waals surface area contributed by atoms with Gasteiger partial charge in [0, 0.05) is 76.5 Å². The van der Waals surface area contributed by atoms with Crippen LogP contribution < -0.4 is 20.7 Å². The maximum Gasteiger partial charge on any atom is 0.250 e. The lowest BCUT2D eigenvalue weighted by Gasteiger charge is -2.42. The third kappa shape index (κ3) is 5.55. The number of nitrogens with one attached hydrogen (secondary N) is 1. The van der Waals surface area contributed by atoms with Crippen LogP contribution in [0.1, 0.15) is 23.2 Å². The molecule has 2 aliphatic rings. The van der Waals surface area contributed by atoms with Crippen LogP contribution in [-0.2, 0) is 7.05 Å². The smallest absolute Gasteiger partial charge is 0.250 e. The van der Waals surface area contributed by atoms with Gasteiger partial charge in [-0.05, 0) is 44.2 Å². The summed E-state index contributed by atoms with van der Waals surface area (Å²) in [6.07, 6.45) is 5.75. The zero-order valence-electron chi connectivity index (χ0n) is 21.9. The number of carbonyl (C=O) groups excluding carboxylic acids is 1. The van der Waals surface area contributed by atoms with Gasteiger partial charge in [0.25, 0.3) is 0 Å². The van der Waals surface area contributed by atoms with Gasteiger partial charge in [-0.2, -0.15) is 0 Å². The highest BCUT2D eigenvalue weighted by Crippen LogP contribution is 2.33. The lowest BCUT2D eigenvalue weighted by molar-refractivity contribution is 0.0982. The van der Waals surface area contributed by atoms with Gasteiger partial charge in [0.15, 0.2) is 0 Å². The minimum atomic E-state index is -0.470. The number of amides is 1. The molecule has 0 bridgehead atoms. The molecule has 0 atom stereocenters. The summed E-state index contributed by atoms with van der Waals surface area (Å²) in [7, 11) is 5.74. The number of aromatic nitrogens is 3. The number of benzene rings is 1. The summed E-state index contributed by atoms with van der Waals surface area (Å²) in [5.74, 6) is 0.712. The highest BCUT2D eigenvalue weighted by Gasteiger charge is 2.27. The first-order valence-electron chi connectivity index (χ1n) is 12.8. The van der Waals surface area contributed by atoms with Crippen molar-refractivity contribution in [2.75, 3.05) is 63.6 Å². The van der Waals surface area contributed by atoms with Crippen LogP contribution in [0.2, 0.25) is 0 Å². The summed E-state index contributed by atoms with van der Waals surface area (Å²) in [6.45, 7) is 6.77. The summed E-state index contributed by atoms with van der Waals surface area (Å²) in [5.41, 5.74) is 9.29. The highest BCUT2D eigenvalue weighted by molar-refractivity contribution is 5.94. The van der Waals surface area contributed by atoms with E-state index in [9.17, 15) is 4.79 Å². The van der Waals surface area contributed by atoms with Crippen molar-refractivity contribution in [3.8, 4) is 17.1 Å². The Bertz CT molecular complexity index is 1240. The molecule has 2 saturated heterocycles. The number of nitrogens with two attached hydrogens (primary N) is 1. The number of likely N-dealkylation sites (N-methyl/N-ethyl adjacent to an activating group) is 1. The monoisotopic (exact) mass is 504 g/mol. The Morgan fingerprint density at radius 2 is 1.81 bits per heavy atom. The van der Waals surface area contributed by atoms with Crippen LogP contribution in [-0.4, -0.2) is 89.7 Å². The fourth-order valence-electron chi connectivity index (χ4n) is 5.29. The maximum atomic E-state index is 11.6. The third-order valence-electron chi connectivity index (χ3n) is 7.52.